The molecule has 3 heterocycles. The van der Waals surface area contributed by atoms with Crippen molar-refractivity contribution >= 4 is 57.2 Å². The third kappa shape index (κ3) is 4.55. The molecule has 3 aromatic rings. The van der Waals surface area contributed by atoms with Crippen LogP contribution >= 0.6 is 34.4 Å². The van der Waals surface area contributed by atoms with Crippen molar-refractivity contribution in [3.63, 3.8) is 0 Å². The van der Waals surface area contributed by atoms with Gasteiger partial charge in [0.15, 0.2) is 11.0 Å². The molecule has 0 saturated carbocycles. The first-order valence-electron chi connectivity index (χ1n) is 8.79. The van der Waals surface area contributed by atoms with Gasteiger partial charge in [-0.05, 0) is 30.9 Å². The van der Waals surface area contributed by atoms with Crippen molar-refractivity contribution < 1.29 is 19.1 Å². The molecule has 158 valence electrons. The molecule has 0 aliphatic carbocycles. The average Bonchev–Trinajstić information content (AvgIpc) is 3.40. The highest BCUT2D eigenvalue weighted by molar-refractivity contribution is 7.99. The molecular formula is C18H19N5O4S3. The van der Waals surface area contributed by atoms with Gasteiger partial charge in [0, 0.05) is 7.05 Å². The highest BCUT2D eigenvalue weighted by Crippen LogP contribution is 2.34. The Kier molecular flexibility index (Phi) is 6.90. The fourth-order valence-corrected chi connectivity index (χ4v) is 5.16. The van der Waals surface area contributed by atoms with Crippen LogP contribution in [0, 0.1) is 6.92 Å². The fourth-order valence-electron chi connectivity index (χ4n) is 2.64. The number of hydrogen-bond donors (Lipinski definition) is 2. The first kappa shape index (κ1) is 22.0. The van der Waals surface area contributed by atoms with E-state index >= 15 is 0 Å². The Hall–Kier alpha value is -2.70. The molecule has 0 radical (unpaired) electrons. The number of carbonyl (C=O) groups excluding carboxylic acids is 3. The van der Waals surface area contributed by atoms with Gasteiger partial charge in [-0.15, -0.1) is 32.9 Å². The molecule has 0 bridgehead atoms. The number of anilines is 1. The average molecular weight is 466 g/mol. The summed E-state index contributed by atoms with van der Waals surface area (Å²) in [6.07, 6.45) is 0. The number of rotatable bonds is 8. The first-order valence-corrected chi connectivity index (χ1v) is 11.5. The summed E-state index contributed by atoms with van der Waals surface area (Å²) in [5, 5.41) is 13.8. The molecular weight excluding hydrogens is 446 g/mol. The van der Waals surface area contributed by atoms with Gasteiger partial charge in [0.25, 0.3) is 5.91 Å². The number of thioether (sulfide) groups is 1. The molecule has 0 unspecified atom stereocenters. The van der Waals surface area contributed by atoms with Crippen LogP contribution < -0.4 is 11.1 Å². The van der Waals surface area contributed by atoms with E-state index in [1.165, 1.54) is 11.8 Å². The summed E-state index contributed by atoms with van der Waals surface area (Å²) in [5.74, 6) is -0.878. The summed E-state index contributed by atoms with van der Waals surface area (Å²) < 4.78 is 6.86. The number of thiophene rings is 2. The van der Waals surface area contributed by atoms with E-state index in [0.717, 1.165) is 22.0 Å². The summed E-state index contributed by atoms with van der Waals surface area (Å²) in [6.45, 7) is 3.44. The van der Waals surface area contributed by atoms with Gasteiger partial charge in [0.05, 0.1) is 27.7 Å². The van der Waals surface area contributed by atoms with Gasteiger partial charge in [-0.2, -0.15) is 0 Å². The lowest BCUT2D eigenvalue weighted by Gasteiger charge is -2.07. The largest absolute Gasteiger partial charge is 0.462 e. The van der Waals surface area contributed by atoms with E-state index in [0.29, 0.717) is 10.7 Å². The van der Waals surface area contributed by atoms with Crippen LogP contribution in [0.4, 0.5) is 5.00 Å². The van der Waals surface area contributed by atoms with E-state index < -0.39 is 11.9 Å². The lowest BCUT2D eigenvalue weighted by molar-refractivity contribution is -0.113. The van der Waals surface area contributed by atoms with E-state index in [4.69, 9.17) is 10.5 Å². The van der Waals surface area contributed by atoms with Crippen molar-refractivity contribution in [1.29, 1.82) is 0 Å². The second kappa shape index (κ2) is 9.41. The maximum absolute atomic E-state index is 12.5. The lowest BCUT2D eigenvalue weighted by Crippen LogP contribution is -2.17. The summed E-state index contributed by atoms with van der Waals surface area (Å²) in [6, 6.07) is 3.88. The number of nitrogens with zero attached hydrogens (tertiary/aromatic N) is 3. The molecule has 2 amide bonds. The van der Waals surface area contributed by atoms with Gasteiger partial charge in [0.2, 0.25) is 5.91 Å². The second-order valence-corrected chi connectivity index (χ2v) is 8.94. The van der Waals surface area contributed by atoms with Crippen LogP contribution in [0.3, 0.4) is 0 Å². The van der Waals surface area contributed by atoms with Crippen molar-refractivity contribution in [1.82, 2.24) is 14.8 Å². The lowest BCUT2D eigenvalue weighted by atomic mass is 10.1. The fraction of sp³-hybridized carbons (Fsp3) is 0.278. The Morgan fingerprint density at radius 3 is 2.73 bits per heavy atom. The molecule has 3 aromatic heterocycles. The highest BCUT2D eigenvalue weighted by atomic mass is 32.2. The third-order valence-electron chi connectivity index (χ3n) is 4.01. The molecule has 0 saturated heterocycles. The number of carbonyl (C=O) groups is 3. The van der Waals surface area contributed by atoms with Crippen LogP contribution in [0.5, 0.6) is 0 Å². The second-order valence-electron chi connectivity index (χ2n) is 6.02. The van der Waals surface area contributed by atoms with Gasteiger partial charge in [-0.25, -0.2) is 4.79 Å². The van der Waals surface area contributed by atoms with Gasteiger partial charge in [0.1, 0.15) is 5.00 Å². The minimum absolute atomic E-state index is 0.0432. The smallest absolute Gasteiger partial charge is 0.341 e. The number of amides is 2. The predicted molar refractivity (Wildman–Crippen MR) is 117 cm³/mol. The number of esters is 1. The van der Waals surface area contributed by atoms with Crippen LogP contribution in [0.1, 0.15) is 32.5 Å². The molecule has 0 spiro atoms. The molecule has 3 rings (SSSR count). The van der Waals surface area contributed by atoms with Crippen LogP contribution in [-0.2, 0) is 16.6 Å². The molecule has 0 aliphatic rings. The number of nitrogens with two attached hydrogens (primary N) is 1. The summed E-state index contributed by atoms with van der Waals surface area (Å²) >= 11 is 3.72. The Labute approximate surface area is 184 Å². The molecule has 0 aromatic carbocycles. The number of ether oxygens (including phenoxy) is 1. The van der Waals surface area contributed by atoms with Crippen LogP contribution in [0.2, 0.25) is 0 Å². The van der Waals surface area contributed by atoms with Gasteiger partial charge < -0.3 is 20.4 Å². The van der Waals surface area contributed by atoms with Crippen LogP contribution in [0.25, 0.3) is 10.7 Å². The zero-order chi connectivity index (χ0) is 21.8. The van der Waals surface area contributed by atoms with E-state index in [1.54, 1.807) is 25.2 Å². The quantitative estimate of drug-likeness (QED) is 0.386. The van der Waals surface area contributed by atoms with Gasteiger partial charge in [-0.3, -0.25) is 9.59 Å². The van der Waals surface area contributed by atoms with Crippen molar-refractivity contribution in [2.24, 2.45) is 12.8 Å². The van der Waals surface area contributed by atoms with Gasteiger partial charge >= 0.3 is 5.97 Å². The summed E-state index contributed by atoms with van der Waals surface area (Å²) in [4.78, 5) is 37.6. The SMILES string of the molecule is CCOC(=O)c1c(NC(=O)CSc2nnc(-c3cccs3)n2C)sc(C(N)=O)c1C. The monoisotopic (exact) mass is 465 g/mol. The first-order chi connectivity index (χ1) is 14.3. The molecule has 3 N–H and O–H groups in total. The Morgan fingerprint density at radius 2 is 2.10 bits per heavy atom. The Morgan fingerprint density at radius 1 is 1.33 bits per heavy atom. The number of hydrogen-bond acceptors (Lipinski definition) is 9. The Bertz CT molecular complexity index is 1090. The van der Waals surface area contributed by atoms with Crippen molar-refractivity contribution in [3.05, 3.63) is 33.5 Å². The third-order valence-corrected chi connectivity index (χ3v) is 7.12. The Balaban J connectivity index is 1.73. The van der Waals surface area contributed by atoms with E-state index in [9.17, 15) is 14.4 Å². The molecule has 30 heavy (non-hydrogen) atoms. The highest BCUT2D eigenvalue weighted by Gasteiger charge is 2.26. The van der Waals surface area contributed by atoms with E-state index in [-0.39, 0.29) is 33.7 Å². The number of aromatic nitrogens is 3. The summed E-state index contributed by atoms with van der Waals surface area (Å²) in [5.41, 5.74) is 5.92. The zero-order valence-corrected chi connectivity index (χ0v) is 18.9. The van der Waals surface area contributed by atoms with Crippen molar-refractivity contribution in [3.8, 4) is 10.7 Å². The molecule has 9 nitrogen and oxygen atoms in total. The van der Waals surface area contributed by atoms with Crippen molar-refractivity contribution in [2.45, 2.75) is 19.0 Å². The standard InChI is InChI=1S/C18H19N5O4S3/c1-4-27-17(26)12-9(2)13(14(19)25)30-16(12)20-11(24)8-29-18-22-21-15(23(18)3)10-6-5-7-28-10/h5-7H,4,8H2,1-3H3,(H2,19,25)(H,20,24). The topological polar surface area (TPSA) is 129 Å². The molecule has 0 atom stereocenters. The van der Waals surface area contributed by atoms with Crippen LogP contribution in [-0.4, -0.2) is 44.9 Å². The molecule has 12 heteroatoms. The van der Waals surface area contributed by atoms with E-state index in [2.05, 4.69) is 15.5 Å². The van der Waals surface area contributed by atoms with Crippen LogP contribution in [0.15, 0.2) is 22.7 Å². The zero-order valence-electron chi connectivity index (χ0n) is 16.4. The molecule has 0 fully saturated rings. The van der Waals surface area contributed by atoms with Crippen molar-refractivity contribution in [2.75, 3.05) is 17.7 Å². The van der Waals surface area contributed by atoms with Gasteiger partial charge in [-0.1, -0.05) is 17.8 Å². The molecule has 0 aliphatic heterocycles. The predicted octanol–water partition coefficient (Wildman–Crippen LogP) is 2.92. The normalized spacial score (nSPS) is 10.8. The minimum Gasteiger partial charge on any atom is -0.462 e. The minimum atomic E-state index is -0.668. The summed E-state index contributed by atoms with van der Waals surface area (Å²) in [7, 11) is 1.83. The number of nitrogens with one attached hydrogen (secondary N) is 1. The maximum Gasteiger partial charge on any atom is 0.341 e. The maximum atomic E-state index is 12.5. The number of primary amides is 1. The van der Waals surface area contributed by atoms with E-state index in [1.807, 2.05) is 29.1 Å².